The van der Waals surface area contributed by atoms with Crippen molar-refractivity contribution >= 4 is 28.3 Å². The number of hydrogen-bond acceptors (Lipinski definition) is 4. The van der Waals surface area contributed by atoms with Crippen molar-refractivity contribution < 1.29 is 24.2 Å². The first-order valence-corrected chi connectivity index (χ1v) is 6.15. The zero-order valence-corrected chi connectivity index (χ0v) is 12.1. The fraction of sp³-hybridized carbons (Fsp3) is 0.333. The molecule has 1 amide bonds. The van der Waals surface area contributed by atoms with Gasteiger partial charge in [0, 0.05) is 4.47 Å². The molecule has 2 N–H and O–H groups in total. The number of ether oxygens (including phenoxy) is 2. The Balaban J connectivity index is 3.21. The summed E-state index contributed by atoms with van der Waals surface area (Å²) in [6.07, 6.45) is 0.240. The van der Waals surface area contributed by atoms with Crippen molar-refractivity contribution in [3.63, 3.8) is 0 Å². The molecule has 0 saturated carbocycles. The van der Waals surface area contributed by atoms with Crippen molar-refractivity contribution in [1.29, 1.82) is 0 Å². The smallest absolute Gasteiger partial charge is 0.305 e. The van der Waals surface area contributed by atoms with Gasteiger partial charge in [-0.1, -0.05) is 15.9 Å². The number of carboxylic acid groups (broad SMARTS) is 1. The van der Waals surface area contributed by atoms with Crippen LogP contribution in [0.25, 0.3) is 0 Å². The van der Waals surface area contributed by atoms with Crippen LogP contribution in [0.2, 0.25) is 0 Å². The van der Waals surface area contributed by atoms with Crippen molar-refractivity contribution in [2.75, 3.05) is 14.2 Å². The zero-order valence-electron chi connectivity index (χ0n) is 10.5. The van der Waals surface area contributed by atoms with Gasteiger partial charge in [-0.3, -0.25) is 9.59 Å². The predicted octanol–water partition coefficient (Wildman–Crippen LogP) is 1.73. The van der Waals surface area contributed by atoms with Crippen LogP contribution in [0.5, 0.6) is 11.5 Å². The molecule has 1 atom stereocenters. The molecule has 0 fully saturated rings. The summed E-state index contributed by atoms with van der Waals surface area (Å²) in [5.41, 5.74) is 0.604. The number of rotatable bonds is 7. The molecule has 0 bridgehead atoms. The van der Waals surface area contributed by atoms with E-state index in [9.17, 15) is 9.59 Å². The normalized spacial score (nSPS) is 11.5. The first-order valence-electron chi connectivity index (χ1n) is 5.36. The van der Waals surface area contributed by atoms with Crippen LogP contribution < -0.4 is 14.8 Å². The number of amides is 1. The highest BCUT2D eigenvalue weighted by Crippen LogP contribution is 2.36. The van der Waals surface area contributed by atoms with E-state index in [-0.39, 0.29) is 6.42 Å². The molecule has 0 unspecified atom stereocenters. The standard InChI is InChI=1S/C12H14BrNO5/c1-18-10-3-7(8(13)4-11(10)19-2)9(14-6-15)5-12(16)17/h3-4,6,9H,5H2,1-2H3,(H,14,15)(H,16,17)/t9-/m1/s1. The van der Waals surface area contributed by atoms with E-state index in [1.807, 2.05) is 0 Å². The summed E-state index contributed by atoms with van der Waals surface area (Å²) in [5.74, 6) is -0.0388. The zero-order chi connectivity index (χ0) is 14.4. The molecule has 1 aromatic carbocycles. The minimum Gasteiger partial charge on any atom is -0.493 e. The van der Waals surface area contributed by atoms with Crippen molar-refractivity contribution in [1.82, 2.24) is 5.32 Å². The van der Waals surface area contributed by atoms with Gasteiger partial charge in [0.15, 0.2) is 11.5 Å². The third-order valence-electron chi connectivity index (χ3n) is 2.53. The number of carbonyl (C=O) groups is 2. The van der Waals surface area contributed by atoms with E-state index in [0.717, 1.165) is 0 Å². The summed E-state index contributed by atoms with van der Waals surface area (Å²) in [4.78, 5) is 21.4. The number of aliphatic carboxylic acids is 1. The number of benzene rings is 1. The quantitative estimate of drug-likeness (QED) is 0.743. The van der Waals surface area contributed by atoms with Gasteiger partial charge in [0.25, 0.3) is 0 Å². The summed E-state index contributed by atoms with van der Waals surface area (Å²) in [7, 11) is 2.98. The number of methoxy groups -OCH3 is 2. The van der Waals surface area contributed by atoms with Gasteiger partial charge >= 0.3 is 5.97 Å². The monoisotopic (exact) mass is 331 g/mol. The van der Waals surface area contributed by atoms with E-state index in [4.69, 9.17) is 14.6 Å². The molecule has 1 aromatic rings. The van der Waals surface area contributed by atoms with Crippen LogP contribution in [-0.4, -0.2) is 31.7 Å². The number of carboxylic acids is 1. The van der Waals surface area contributed by atoms with E-state index in [1.165, 1.54) is 14.2 Å². The lowest BCUT2D eigenvalue weighted by molar-refractivity contribution is -0.137. The average molecular weight is 332 g/mol. The van der Waals surface area contributed by atoms with Gasteiger partial charge in [0.05, 0.1) is 26.7 Å². The van der Waals surface area contributed by atoms with Gasteiger partial charge in [-0.2, -0.15) is 0 Å². The first kappa shape index (κ1) is 15.3. The second-order valence-corrected chi connectivity index (χ2v) is 4.52. The van der Waals surface area contributed by atoms with Gasteiger partial charge in [-0.05, 0) is 17.7 Å². The maximum absolute atomic E-state index is 10.8. The second-order valence-electron chi connectivity index (χ2n) is 3.66. The Labute approximate surface area is 118 Å². The average Bonchev–Trinajstić information content (AvgIpc) is 2.37. The van der Waals surface area contributed by atoms with Gasteiger partial charge in [0.2, 0.25) is 6.41 Å². The van der Waals surface area contributed by atoms with Crippen molar-refractivity contribution in [2.24, 2.45) is 0 Å². The van der Waals surface area contributed by atoms with Crippen molar-refractivity contribution in [3.8, 4) is 11.5 Å². The molecule has 0 aromatic heterocycles. The van der Waals surface area contributed by atoms with E-state index in [0.29, 0.717) is 27.9 Å². The van der Waals surface area contributed by atoms with Crippen LogP contribution in [0.1, 0.15) is 18.0 Å². The molecule has 0 aliphatic rings. The third kappa shape index (κ3) is 3.85. The molecule has 0 spiro atoms. The maximum atomic E-state index is 10.8. The molecule has 0 aliphatic carbocycles. The van der Waals surface area contributed by atoms with Gasteiger partial charge in [-0.15, -0.1) is 0 Å². The minimum atomic E-state index is -1.01. The lowest BCUT2D eigenvalue weighted by Gasteiger charge is -2.18. The molecule has 104 valence electrons. The Kier molecular flexibility index (Phi) is 5.62. The molecule has 19 heavy (non-hydrogen) atoms. The van der Waals surface area contributed by atoms with Crippen LogP contribution in [0.15, 0.2) is 16.6 Å². The van der Waals surface area contributed by atoms with Crippen LogP contribution in [0.4, 0.5) is 0 Å². The molecule has 1 rings (SSSR count). The van der Waals surface area contributed by atoms with Crippen LogP contribution >= 0.6 is 15.9 Å². The van der Waals surface area contributed by atoms with Crippen molar-refractivity contribution in [3.05, 3.63) is 22.2 Å². The lowest BCUT2D eigenvalue weighted by atomic mass is 10.0. The topological polar surface area (TPSA) is 84.9 Å². The van der Waals surface area contributed by atoms with E-state index in [1.54, 1.807) is 12.1 Å². The number of halogens is 1. The molecular weight excluding hydrogens is 318 g/mol. The highest BCUT2D eigenvalue weighted by molar-refractivity contribution is 9.10. The largest absolute Gasteiger partial charge is 0.493 e. The molecule has 0 saturated heterocycles. The Morgan fingerprint density at radius 1 is 1.42 bits per heavy atom. The Morgan fingerprint density at radius 3 is 2.47 bits per heavy atom. The Hall–Kier alpha value is -1.76. The number of hydrogen-bond donors (Lipinski definition) is 2. The molecular formula is C12H14BrNO5. The Morgan fingerprint density at radius 2 is 2.00 bits per heavy atom. The lowest BCUT2D eigenvalue weighted by Crippen LogP contribution is -2.22. The Bertz CT molecular complexity index is 477. The second kappa shape index (κ2) is 6.98. The summed E-state index contributed by atoms with van der Waals surface area (Å²) in [6.45, 7) is 0. The highest BCUT2D eigenvalue weighted by Gasteiger charge is 2.20. The molecule has 0 heterocycles. The van der Waals surface area contributed by atoms with E-state index in [2.05, 4.69) is 21.2 Å². The summed E-state index contributed by atoms with van der Waals surface area (Å²) in [6, 6.07) is 2.65. The predicted molar refractivity (Wildman–Crippen MR) is 71.4 cm³/mol. The molecule has 6 nitrogen and oxygen atoms in total. The number of carbonyl (C=O) groups excluding carboxylic acids is 1. The molecule has 7 heteroatoms. The SMILES string of the molecule is COc1cc(Br)c([C@@H](CC(=O)O)NC=O)cc1OC. The van der Waals surface area contributed by atoms with Crippen LogP contribution in [0.3, 0.4) is 0 Å². The van der Waals surface area contributed by atoms with E-state index >= 15 is 0 Å². The van der Waals surface area contributed by atoms with Gasteiger partial charge in [0.1, 0.15) is 0 Å². The van der Waals surface area contributed by atoms with Crippen molar-refractivity contribution in [2.45, 2.75) is 12.5 Å². The minimum absolute atomic E-state index is 0.229. The summed E-state index contributed by atoms with van der Waals surface area (Å²) < 4.78 is 10.9. The van der Waals surface area contributed by atoms with Gasteiger partial charge in [-0.25, -0.2) is 0 Å². The fourth-order valence-corrected chi connectivity index (χ4v) is 2.25. The van der Waals surface area contributed by atoms with Crippen LogP contribution in [-0.2, 0) is 9.59 Å². The summed E-state index contributed by atoms with van der Waals surface area (Å²) in [5, 5.41) is 11.3. The first-order chi connectivity index (χ1) is 9.03. The maximum Gasteiger partial charge on any atom is 0.305 e. The molecule has 0 aliphatic heterocycles. The summed E-state index contributed by atoms with van der Waals surface area (Å²) >= 11 is 3.33. The van der Waals surface area contributed by atoms with Gasteiger partial charge < -0.3 is 19.9 Å². The molecule has 0 radical (unpaired) electrons. The highest BCUT2D eigenvalue weighted by atomic mass is 79.9. The van der Waals surface area contributed by atoms with E-state index < -0.39 is 12.0 Å². The number of nitrogens with one attached hydrogen (secondary N) is 1. The fourth-order valence-electron chi connectivity index (χ4n) is 1.65. The third-order valence-corrected chi connectivity index (χ3v) is 3.21. The van der Waals surface area contributed by atoms with Crippen LogP contribution in [0, 0.1) is 0 Å².